The Bertz CT molecular complexity index is 3540. The van der Waals surface area contributed by atoms with E-state index in [0.717, 1.165) is 0 Å². The van der Waals surface area contributed by atoms with E-state index in [4.69, 9.17) is 10.2 Å². The molecule has 2 atom stereocenters. The molecule has 0 fully saturated rings. The molecule has 0 radical (unpaired) electrons. The third-order valence-electron chi connectivity index (χ3n) is 11.6. The summed E-state index contributed by atoms with van der Waals surface area (Å²) in [7, 11) is 0. The minimum Gasteiger partial charge on any atom is -0.505 e. The molecule has 11 N–H and O–H groups in total. The summed E-state index contributed by atoms with van der Waals surface area (Å²) in [6, 6.07) is 5.08. The van der Waals surface area contributed by atoms with Crippen LogP contribution in [-0.4, -0.2) is 94.6 Å². The molecular formula is C48H40F5N9O13. The first-order chi connectivity index (χ1) is 35.6. The maximum absolute atomic E-state index is 16.6. The summed E-state index contributed by atoms with van der Waals surface area (Å²) in [6.45, 7) is -0.0222. The molecule has 0 bridgehead atoms. The standard InChI is InChI=1S/C48H40F5N9O13/c49-25-13-23-31(15-29(25)63)75-32-16-30(64)26(50)14-24(32)35(23)36-37(47(73)74)40(53)39(52)22(38(36)51)8-10-33(65)55-12-2-1-3-27(45(69)70)59-34(66)11-9-28(46(71)72)60-43(67)19-4-6-20(7-5-19)56-17-21-18-57-42-41(58-21)44(68)62-48(54)61-42/h4-7,13-16,18,27-28,56,63H,1-3,8-12,17H2,(H,55,65)(H,59,66)(H,60,67)(H,69,70)(H,71,72)(H,73,74)(H3,54,57,61,62,68). The highest BCUT2D eigenvalue weighted by Gasteiger charge is 2.34. The molecule has 2 unspecified atom stereocenters. The highest BCUT2D eigenvalue weighted by Crippen LogP contribution is 2.45. The SMILES string of the molecule is Nc1nc2ncc(CNc3ccc(C(=O)NC(CCC(=O)NC(CCCCNC(=O)CCc4c(F)c(F)c(C(=O)O)c(-c5c6cc(F)c(=O)cc-6oc6cc(O)c(F)cc56)c4F)C(=O)O)C(=O)O)cc3)nc2c(=O)[nH]1. The van der Waals surface area contributed by atoms with Gasteiger partial charge in [0.05, 0.1) is 18.4 Å². The Balaban J connectivity index is 0.899. The molecule has 75 heavy (non-hydrogen) atoms. The van der Waals surface area contributed by atoms with Gasteiger partial charge >= 0.3 is 17.9 Å². The van der Waals surface area contributed by atoms with E-state index in [1.54, 1.807) is 0 Å². The normalized spacial score (nSPS) is 12.1. The number of nitrogens with zero attached hydrogens (tertiary/aromatic N) is 3. The number of amides is 3. The molecular weight excluding hydrogens is 1010 g/mol. The molecule has 1 aliphatic carbocycles. The Morgan fingerprint density at radius 1 is 0.773 bits per heavy atom. The van der Waals surface area contributed by atoms with Crippen LogP contribution in [0.3, 0.4) is 0 Å². The van der Waals surface area contributed by atoms with Gasteiger partial charge in [-0.05, 0) is 68.5 Å². The van der Waals surface area contributed by atoms with Crippen molar-refractivity contribution in [2.24, 2.45) is 0 Å². The number of unbranched alkanes of at least 4 members (excludes halogenated alkanes) is 1. The number of rotatable bonds is 21. The van der Waals surface area contributed by atoms with Gasteiger partial charge in [-0.25, -0.2) is 46.3 Å². The Hall–Kier alpha value is -9.56. The zero-order valence-corrected chi connectivity index (χ0v) is 38.5. The summed E-state index contributed by atoms with van der Waals surface area (Å²) in [4.78, 5) is 114. The number of carboxylic acid groups (broad SMARTS) is 3. The van der Waals surface area contributed by atoms with E-state index in [9.17, 15) is 67.6 Å². The van der Waals surface area contributed by atoms with E-state index in [-0.39, 0.29) is 55.0 Å². The fourth-order valence-electron chi connectivity index (χ4n) is 7.85. The Morgan fingerprint density at radius 3 is 2.17 bits per heavy atom. The lowest BCUT2D eigenvalue weighted by Crippen LogP contribution is -2.44. The van der Waals surface area contributed by atoms with Crippen LogP contribution in [0, 0.1) is 29.1 Å². The second-order valence-electron chi connectivity index (χ2n) is 16.7. The number of nitrogen functional groups attached to an aromatic ring is 1. The zero-order chi connectivity index (χ0) is 54.4. The number of carbonyl (C=O) groups is 6. The van der Waals surface area contributed by atoms with Crippen molar-refractivity contribution in [3.63, 3.8) is 0 Å². The first-order valence-electron chi connectivity index (χ1n) is 22.3. The Labute approximate surface area is 416 Å². The number of aromatic nitrogens is 4. The van der Waals surface area contributed by atoms with Gasteiger partial charge < -0.3 is 51.8 Å². The predicted octanol–water partition coefficient (Wildman–Crippen LogP) is 4.34. The lowest BCUT2D eigenvalue weighted by molar-refractivity contribution is -0.142. The summed E-state index contributed by atoms with van der Waals surface area (Å²) in [5, 5.41) is 48.9. The number of halogens is 5. The third kappa shape index (κ3) is 12.0. The van der Waals surface area contributed by atoms with E-state index < -0.39 is 164 Å². The number of hydrogen-bond acceptors (Lipinski definition) is 15. The summed E-state index contributed by atoms with van der Waals surface area (Å²) in [6.07, 6.45) is -1.21. The monoisotopic (exact) mass is 1050 g/mol. The van der Waals surface area contributed by atoms with E-state index in [1.807, 2.05) is 0 Å². The first kappa shape index (κ1) is 53.2. The van der Waals surface area contributed by atoms with Crippen LogP contribution in [0.4, 0.5) is 33.6 Å². The van der Waals surface area contributed by atoms with Gasteiger partial charge in [0.1, 0.15) is 34.8 Å². The third-order valence-corrected chi connectivity index (χ3v) is 11.6. The van der Waals surface area contributed by atoms with Gasteiger partial charge in [0.15, 0.2) is 40.2 Å². The number of fused-ring (bicyclic) bond motifs is 3. The van der Waals surface area contributed by atoms with E-state index in [2.05, 4.69) is 41.2 Å². The molecule has 22 nitrogen and oxygen atoms in total. The van der Waals surface area contributed by atoms with Gasteiger partial charge in [0.25, 0.3) is 11.5 Å². The number of anilines is 2. The maximum Gasteiger partial charge on any atom is 0.339 e. The van der Waals surface area contributed by atoms with Gasteiger partial charge in [-0.3, -0.25) is 29.0 Å². The molecule has 7 rings (SSSR count). The number of nitrogens with one attached hydrogen (secondary N) is 5. The van der Waals surface area contributed by atoms with Crippen LogP contribution < -0.4 is 38.0 Å². The van der Waals surface area contributed by atoms with Crippen molar-refractivity contribution < 1.29 is 75.6 Å². The van der Waals surface area contributed by atoms with E-state index >= 15 is 13.2 Å². The van der Waals surface area contributed by atoms with Crippen molar-refractivity contribution >= 4 is 69.4 Å². The average molecular weight is 1050 g/mol. The Kier molecular flexibility index (Phi) is 15.9. The fraction of sp³-hybridized carbons (Fsp3) is 0.229. The molecule has 0 saturated carbocycles. The molecule has 390 valence electrons. The van der Waals surface area contributed by atoms with Gasteiger partial charge in [-0.2, -0.15) is 4.98 Å². The number of benzene rings is 4. The summed E-state index contributed by atoms with van der Waals surface area (Å²) in [5.74, 6) is -18.0. The minimum absolute atomic E-state index is 0.0206. The van der Waals surface area contributed by atoms with Gasteiger partial charge in [0, 0.05) is 70.4 Å². The quantitative estimate of drug-likeness (QED) is 0.0207. The van der Waals surface area contributed by atoms with Crippen LogP contribution in [0.15, 0.2) is 68.7 Å². The number of aliphatic carboxylic acids is 2. The van der Waals surface area contributed by atoms with Crippen LogP contribution in [0.1, 0.15) is 70.5 Å². The molecule has 3 amide bonds. The number of H-pyrrole nitrogens is 1. The molecule has 2 aromatic heterocycles. The van der Waals surface area contributed by atoms with Gasteiger partial charge in [-0.15, -0.1) is 0 Å². The lowest BCUT2D eigenvalue weighted by Gasteiger charge is -2.20. The molecule has 1 aliphatic heterocycles. The molecule has 3 heterocycles. The van der Waals surface area contributed by atoms with E-state index in [1.165, 1.54) is 30.5 Å². The number of hydrogen-bond donors (Lipinski definition) is 10. The number of nitrogens with two attached hydrogens (primary N) is 1. The number of aromatic amines is 1. The van der Waals surface area contributed by atoms with Crippen molar-refractivity contribution in [3.8, 4) is 28.2 Å². The molecule has 0 saturated heterocycles. The predicted molar refractivity (Wildman–Crippen MR) is 252 cm³/mol. The molecule has 2 aliphatic rings. The highest BCUT2D eigenvalue weighted by atomic mass is 19.2. The van der Waals surface area contributed by atoms with Crippen molar-refractivity contribution in [2.45, 2.75) is 63.6 Å². The topological polar surface area (TPSA) is 359 Å². The number of aromatic carboxylic acids is 1. The van der Waals surface area contributed by atoms with Gasteiger partial charge in [-0.1, -0.05) is 0 Å². The van der Waals surface area contributed by atoms with Crippen molar-refractivity contribution in [2.75, 3.05) is 17.6 Å². The number of phenols is 1. The fourth-order valence-corrected chi connectivity index (χ4v) is 7.85. The summed E-state index contributed by atoms with van der Waals surface area (Å²) in [5.41, 5.74) is -1.06. The van der Waals surface area contributed by atoms with Gasteiger partial charge in [0.2, 0.25) is 23.2 Å². The van der Waals surface area contributed by atoms with Crippen LogP contribution >= 0.6 is 0 Å². The largest absolute Gasteiger partial charge is 0.505 e. The molecule has 27 heteroatoms. The van der Waals surface area contributed by atoms with Crippen molar-refractivity contribution in [1.82, 2.24) is 35.9 Å². The summed E-state index contributed by atoms with van der Waals surface area (Å²) < 4.78 is 82.5. The number of carbonyl (C=O) groups excluding carboxylic acids is 3. The minimum atomic E-state index is -2.21. The highest BCUT2D eigenvalue weighted by molar-refractivity contribution is 6.08. The van der Waals surface area contributed by atoms with Crippen LogP contribution in [-0.2, 0) is 32.1 Å². The molecule has 0 spiro atoms. The smallest absolute Gasteiger partial charge is 0.339 e. The molecule has 3 aromatic carbocycles. The number of carboxylic acids is 3. The van der Waals surface area contributed by atoms with E-state index in [0.29, 0.717) is 35.6 Å². The summed E-state index contributed by atoms with van der Waals surface area (Å²) >= 11 is 0. The molecule has 5 aromatic rings. The lowest BCUT2D eigenvalue weighted by atomic mass is 9.87. The zero-order valence-electron chi connectivity index (χ0n) is 38.5. The average Bonchev–Trinajstić information content (AvgIpc) is 3.35. The van der Waals surface area contributed by atoms with Crippen LogP contribution in [0.2, 0.25) is 0 Å². The maximum atomic E-state index is 16.6. The van der Waals surface area contributed by atoms with Crippen molar-refractivity contribution in [1.29, 1.82) is 0 Å². The number of phenolic OH excluding ortho intramolecular Hbond substituents is 1. The first-order valence-corrected chi connectivity index (χ1v) is 22.3. The van der Waals surface area contributed by atoms with Crippen molar-refractivity contribution in [3.05, 3.63) is 127 Å². The second kappa shape index (κ2) is 22.5. The second-order valence-corrected chi connectivity index (χ2v) is 16.7. The Morgan fingerprint density at radius 2 is 1.48 bits per heavy atom. The van der Waals surface area contributed by atoms with Crippen LogP contribution in [0.25, 0.3) is 44.6 Å². The number of aromatic hydroxyl groups is 1. The van der Waals surface area contributed by atoms with Crippen LogP contribution in [0.5, 0.6) is 5.75 Å².